The highest BCUT2D eigenvalue weighted by atomic mass is 32.2. The van der Waals surface area contributed by atoms with Crippen molar-refractivity contribution in [2.45, 2.75) is 37.0 Å². The molecule has 1 heterocycles. The molecule has 164 valence electrons. The van der Waals surface area contributed by atoms with Crippen LogP contribution in [0.4, 0.5) is 20.2 Å². The second-order valence-electron chi connectivity index (χ2n) is 7.30. The summed E-state index contributed by atoms with van der Waals surface area (Å²) in [5.41, 5.74) is -0.0739. The number of likely N-dealkylation sites (N-methyl/N-ethyl adjacent to an activating group) is 2. The molecule has 1 aliphatic heterocycles. The molecule has 0 aliphatic carbocycles. The van der Waals surface area contributed by atoms with Crippen LogP contribution in [0.1, 0.15) is 25.7 Å². The Kier molecular flexibility index (Phi) is 8.29. The molecule has 1 saturated heterocycles. The number of rotatable bonds is 9. The van der Waals surface area contributed by atoms with Crippen LogP contribution in [0.15, 0.2) is 23.1 Å². The van der Waals surface area contributed by atoms with Gasteiger partial charge in [0.2, 0.25) is 10.0 Å². The van der Waals surface area contributed by atoms with Gasteiger partial charge in [-0.25, -0.2) is 17.2 Å². The average Bonchev–Trinajstić information content (AvgIpc) is 2.95. The predicted molar refractivity (Wildman–Crippen MR) is 107 cm³/mol. The van der Waals surface area contributed by atoms with Gasteiger partial charge in [-0.05, 0) is 32.0 Å². The SMILES string of the molecule is CN(CCN(C)c1ccc(S(=O)(=O)N2CCCCCC2)cc1[N+](=O)[O-])CC(F)F. The van der Waals surface area contributed by atoms with Crippen molar-refractivity contribution in [3.8, 4) is 0 Å². The van der Waals surface area contributed by atoms with Crippen molar-refractivity contribution in [1.82, 2.24) is 9.21 Å². The van der Waals surface area contributed by atoms with Gasteiger partial charge in [-0.3, -0.25) is 15.0 Å². The Hall–Kier alpha value is -1.85. The summed E-state index contributed by atoms with van der Waals surface area (Å²) in [6.45, 7) is 1.000. The zero-order valence-corrected chi connectivity index (χ0v) is 17.6. The summed E-state index contributed by atoms with van der Waals surface area (Å²) in [6.07, 6.45) is 1.03. The molecular formula is C18H28F2N4O4S. The summed E-state index contributed by atoms with van der Waals surface area (Å²) in [7, 11) is -0.645. The van der Waals surface area contributed by atoms with Crippen LogP contribution in [0.5, 0.6) is 0 Å². The van der Waals surface area contributed by atoms with Crippen molar-refractivity contribution in [3.63, 3.8) is 0 Å². The van der Waals surface area contributed by atoms with Crippen LogP contribution in [0, 0.1) is 10.1 Å². The minimum Gasteiger partial charge on any atom is -0.368 e. The summed E-state index contributed by atoms with van der Waals surface area (Å²) >= 11 is 0. The van der Waals surface area contributed by atoms with E-state index in [4.69, 9.17) is 0 Å². The monoisotopic (exact) mass is 434 g/mol. The Bertz CT molecular complexity index is 799. The van der Waals surface area contributed by atoms with E-state index in [1.165, 1.54) is 21.3 Å². The fraction of sp³-hybridized carbons (Fsp3) is 0.667. The van der Waals surface area contributed by atoms with Gasteiger partial charge in [0.25, 0.3) is 12.1 Å². The minimum atomic E-state index is -3.80. The molecule has 0 aromatic heterocycles. The van der Waals surface area contributed by atoms with E-state index in [1.807, 2.05) is 0 Å². The first-order chi connectivity index (χ1) is 13.6. The van der Waals surface area contributed by atoms with Crippen molar-refractivity contribution in [1.29, 1.82) is 0 Å². The standard InChI is InChI=1S/C18H28F2N4O4S/c1-21(14-18(19)20)11-12-22(2)16-8-7-15(13-17(16)24(25)26)29(27,28)23-9-5-3-4-6-10-23/h7-8,13,18H,3-6,9-12,14H2,1-2H3. The highest BCUT2D eigenvalue weighted by molar-refractivity contribution is 7.89. The summed E-state index contributed by atoms with van der Waals surface area (Å²) in [5, 5.41) is 11.6. The first kappa shape index (κ1) is 23.4. The van der Waals surface area contributed by atoms with E-state index in [9.17, 15) is 27.3 Å². The molecule has 1 fully saturated rings. The minimum absolute atomic E-state index is 0.0990. The van der Waals surface area contributed by atoms with E-state index >= 15 is 0 Å². The van der Waals surface area contributed by atoms with Gasteiger partial charge < -0.3 is 4.90 Å². The highest BCUT2D eigenvalue weighted by Gasteiger charge is 2.28. The quantitative estimate of drug-likeness (QED) is 0.439. The lowest BCUT2D eigenvalue weighted by Crippen LogP contribution is -2.34. The first-order valence-electron chi connectivity index (χ1n) is 9.59. The maximum atomic E-state index is 12.9. The van der Waals surface area contributed by atoms with E-state index in [2.05, 4.69) is 0 Å². The van der Waals surface area contributed by atoms with Crippen molar-refractivity contribution in [2.75, 3.05) is 51.7 Å². The van der Waals surface area contributed by atoms with E-state index in [0.29, 0.717) is 13.1 Å². The summed E-state index contributed by atoms with van der Waals surface area (Å²) in [5.74, 6) is 0. The fourth-order valence-electron chi connectivity index (χ4n) is 3.33. The van der Waals surface area contributed by atoms with Gasteiger partial charge in [0.15, 0.2) is 0 Å². The van der Waals surface area contributed by atoms with E-state index in [0.717, 1.165) is 31.7 Å². The number of benzene rings is 1. The van der Waals surface area contributed by atoms with Crippen LogP contribution in [-0.2, 0) is 10.0 Å². The van der Waals surface area contributed by atoms with Gasteiger partial charge >= 0.3 is 0 Å². The number of halogens is 2. The molecule has 1 aliphatic rings. The van der Waals surface area contributed by atoms with E-state index in [-0.39, 0.29) is 35.9 Å². The molecule has 0 bridgehead atoms. The summed E-state index contributed by atoms with van der Waals surface area (Å²) in [6, 6.07) is 3.88. The number of nitro benzene ring substituents is 1. The zero-order chi connectivity index (χ0) is 21.6. The van der Waals surface area contributed by atoms with Crippen LogP contribution in [0.25, 0.3) is 0 Å². The predicted octanol–water partition coefficient (Wildman–Crippen LogP) is 2.79. The molecular weight excluding hydrogens is 406 g/mol. The zero-order valence-electron chi connectivity index (χ0n) is 16.8. The number of nitro groups is 1. The fourth-order valence-corrected chi connectivity index (χ4v) is 4.87. The molecule has 8 nitrogen and oxygen atoms in total. The third-order valence-electron chi connectivity index (χ3n) is 5.02. The molecule has 29 heavy (non-hydrogen) atoms. The number of hydrogen-bond donors (Lipinski definition) is 0. The second kappa shape index (κ2) is 10.3. The van der Waals surface area contributed by atoms with Crippen LogP contribution < -0.4 is 4.90 Å². The Morgan fingerprint density at radius 3 is 2.31 bits per heavy atom. The Labute approximate surface area is 170 Å². The Morgan fingerprint density at radius 1 is 1.14 bits per heavy atom. The molecule has 0 unspecified atom stereocenters. The number of sulfonamides is 1. The first-order valence-corrected chi connectivity index (χ1v) is 11.0. The number of alkyl halides is 2. The molecule has 1 aromatic carbocycles. The molecule has 0 radical (unpaired) electrons. The molecule has 0 amide bonds. The maximum Gasteiger partial charge on any atom is 0.293 e. The maximum absolute atomic E-state index is 12.9. The van der Waals surface area contributed by atoms with Crippen molar-refractivity contribution < 1.29 is 22.1 Å². The van der Waals surface area contributed by atoms with Crippen molar-refractivity contribution >= 4 is 21.4 Å². The van der Waals surface area contributed by atoms with Crippen LogP contribution >= 0.6 is 0 Å². The van der Waals surface area contributed by atoms with E-state index < -0.39 is 21.4 Å². The smallest absolute Gasteiger partial charge is 0.293 e. The second-order valence-corrected chi connectivity index (χ2v) is 9.24. The van der Waals surface area contributed by atoms with Crippen molar-refractivity contribution in [3.05, 3.63) is 28.3 Å². The number of hydrogen-bond acceptors (Lipinski definition) is 6. The number of anilines is 1. The Morgan fingerprint density at radius 2 is 1.76 bits per heavy atom. The third kappa shape index (κ3) is 6.31. The lowest BCUT2D eigenvalue weighted by molar-refractivity contribution is -0.384. The van der Waals surface area contributed by atoms with Crippen LogP contribution in [0.2, 0.25) is 0 Å². The number of nitrogens with zero attached hydrogens (tertiary/aromatic N) is 4. The Balaban J connectivity index is 2.22. The molecule has 11 heteroatoms. The average molecular weight is 435 g/mol. The molecule has 0 N–H and O–H groups in total. The molecule has 0 atom stereocenters. The third-order valence-corrected chi connectivity index (χ3v) is 6.92. The summed E-state index contributed by atoms with van der Waals surface area (Å²) in [4.78, 5) is 13.9. The van der Waals surface area contributed by atoms with Crippen LogP contribution in [-0.4, -0.2) is 75.8 Å². The lowest BCUT2D eigenvalue weighted by Gasteiger charge is -2.24. The molecule has 1 aromatic rings. The van der Waals surface area contributed by atoms with Gasteiger partial charge in [0.1, 0.15) is 5.69 Å². The molecule has 2 rings (SSSR count). The molecule has 0 saturated carbocycles. The van der Waals surface area contributed by atoms with Gasteiger partial charge in [0, 0.05) is 39.3 Å². The van der Waals surface area contributed by atoms with Gasteiger partial charge in [0.05, 0.1) is 16.4 Å². The largest absolute Gasteiger partial charge is 0.368 e. The normalized spacial score (nSPS) is 16.2. The highest BCUT2D eigenvalue weighted by Crippen LogP contribution is 2.31. The summed E-state index contributed by atoms with van der Waals surface area (Å²) < 4.78 is 52.1. The topological polar surface area (TPSA) is 87.0 Å². The van der Waals surface area contributed by atoms with E-state index in [1.54, 1.807) is 19.0 Å². The van der Waals surface area contributed by atoms with Gasteiger partial charge in [-0.1, -0.05) is 12.8 Å². The van der Waals surface area contributed by atoms with Crippen molar-refractivity contribution in [2.24, 2.45) is 0 Å². The van der Waals surface area contributed by atoms with Crippen LogP contribution in [0.3, 0.4) is 0 Å². The lowest BCUT2D eigenvalue weighted by atomic mass is 10.2. The van der Waals surface area contributed by atoms with Gasteiger partial charge in [-0.15, -0.1) is 0 Å². The van der Waals surface area contributed by atoms with Gasteiger partial charge in [-0.2, -0.15) is 4.31 Å². The molecule has 0 spiro atoms.